The van der Waals surface area contributed by atoms with E-state index in [0.717, 1.165) is 26.9 Å². The summed E-state index contributed by atoms with van der Waals surface area (Å²) in [5.74, 6) is -0.275. The number of nitrogens with zero attached hydrogens (tertiary/aromatic N) is 1. The van der Waals surface area contributed by atoms with Crippen molar-refractivity contribution in [2.75, 3.05) is 6.26 Å². The molecule has 0 aliphatic heterocycles. The van der Waals surface area contributed by atoms with Gasteiger partial charge >= 0.3 is 5.97 Å². The van der Waals surface area contributed by atoms with Gasteiger partial charge in [0.15, 0.2) is 0 Å². The van der Waals surface area contributed by atoms with Gasteiger partial charge in [-0.15, -0.1) is 11.8 Å². The number of thioether (sulfide) groups is 1. The SMILES string of the molecule is CSc1ccc2cc(COC(=O)Cc3ccccc3C)c(Cl)nc2c1. The molecule has 0 radical (unpaired) electrons. The summed E-state index contributed by atoms with van der Waals surface area (Å²) in [5, 5.41) is 1.35. The standard InChI is InChI=1S/C20H18ClNO2S/c1-13-5-3-4-6-14(13)10-19(23)24-12-16-9-15-7-8-17(25-2)11-18(15)22-20(16)21/h3-9,11H,10,12H2,1-2H3. The predicted octanol–water partition coefficient (Wildman–Crippen LogP) is 5.20. The third-order valence-electron chi connectivity index (χ3n) is 4.04. The van der Waals surface area contributed by atoms with E-state index in [4.69, 9.17) is 16.3 Å². The first-order valence-electron chi connectivity index (χ1n) is 7.90. The van der Waals surface area contributed by atoms with Gasteiger partial charge in [-0.3, -0.25) is 4.79 Å². The Hall–Kier alpha value is -2.04. The van der Waals surface area contributed by atoms with E-state index in [1.807, 2.05) is 61.7 Å². The highest BCUT2D eigenvalue weighted by Crippen LogP contribution is 2.25. The summed E-state index contributed by atoms with van der Waals surface area (Å²) in [5.41, 5.74) is 3.60. The zero-order valence-corrected chi connectivity index (χ0v) is 15.7. The van der Waals surface area contributed by atoms with Crippen molar-refractivity contribution in [2.24, 2.45) is 0 Å². The van der Waals surface area contributed by atoms with E-state index in [2.05, 4.69) is 4.98 Å². The minimum Gasteiger partial charge on any atom is -0.460 e. The Labute approximate surface area is 156 Å². The Morgan fingerprint density at radius 3 is 2.72 bits per heavy atom. The molecule has 3 rings (SSSR count). The van der Waals surface area contributed by atoms with Crippen LogP contribution in [0.4, 0.5) is 0 Å². The molecule has 3 nitrogen and oxygen atoms in total. The molecule has 0 aliphatic rings. The van der Waals surface area contributed by atoms with Gasteiger partial charge in [-0.2, -0.15) is 0 Å². The van der Waals surface area contributed by atoms with E-state index in [0.29, 0.717) is 10.7 Å². The van der Waals surface area contributed by atoms with Crippen molar-refractivity contribution in [2.45, 2.75) is 24.8 Å². The third kappa shape index (κ3) is 4.33. The van der Waals surface area contributed by atoms with E-state index >= 15 is 0 Å². The first kappa shape index (κ1) is 17.8. The van der Waals surface area contributed by atoms with Crippen LogP contribution in [0.1, 0.15) is 16.7 Å². The molecule has 0 N–H and O–H groups in total. The van der Waals surface area contributed by atoms with Crippen LogP contribution in [0.15, 0.2) is 53.4 Å². The fourth-order valence-corrected chi connectivity index (χ4v) is 3.20. The monoisotopic (exact) mass is 371 g/mol. The number of carbonyl (C=O) groups is 1. The van der Waals surface area contributed by atoms with Crippen LogP contribution >= 0.6 is 23.4 Å². The Morgan fingerprint density at radius 2 is 1.96 bits per heavy atom. The lowest BCUT2D eigenvalue weighted by molar-refractivity contribution is -0.144. The Bertz CT molecular complexity index is 927. The van der Waals surface area contributed by atoms with Crippen LogP contribution in [-0.4, -0.2) is 17.2 Å². The van der Waals surface area contributed by atoms with E-state index in [1.54, 1.807) is 11.8 Å². The second-order valence-electron chi connectivity index (χ2n) is 5.76. The molecule has 5 heteroatoms. The quantitative estimate of drug-likeness (QED) is 0.351. The molecule has 3 aromatic rings. The second kappa shape index (κ2) is 7.89. The number of hydrogen-bond acceptors (Lipinski definition) is 4. The van der Waals surface area contributed by atoms with Crippen molar-refractivity contribution < 1.29 is 9.53 Å². The molecule has 25 heavy (non-hydrogen) atoms. The van der Waals surface area contributed by atoms with Crippen LogP contribution < -0.4 is 0 Å². The molecule has 0 saturated heterocycles. The highest BCUT2D eigenvalue weighted by molar-refractivity contribution is 7.98. The van der Waals surface area contributed by atoms with Crippen LogP contribution in [0.25, 0.3) is 10.9 Å². The normalized spacial score (nSPS) is 10.8. The molecule has 0 unspecified atom stereocenters. The molecule has 128 valence electrons. The number of aromatic nitrogens is 1. The van der Waals surface area contributed by atoms with E-state index in [1.165, 1.54) is 0 Å². The molecular weight excluding hydrogens is 354 g/mol. The number of aryl methyl sites for hydroxylation is 1. The van der Waals surface area contributed by atoms with Gasteiger partial charge in [0, 0.05) is 15.8 Å². The maximum atomic E-state index is 12.1. The number of benzene rings is 2. The Kier molecular flexibility index (Phi) is 5.61. The lowest BCUT2D eigenvalue weighted by Gasteiger charge is -2.09. The first-order chi connectivity index (χ1) is 12.1. The maximum Gasteiger partial charge on any atom is 0.310 e. The average Bonchev–Trinajstić information content (AvgIpc) is 2.61. The lowest BCUT2D eigenvalue weighted by Crippen LogP contribution is -2.09. The molecular formula is C20H18ClNO2S. The molecule has 0 spiro atoms. The van der Waals surface area contributed by atoms with Crippen molar-refractivity contribution in [3.63, 3.8) is 0 Å². The van der Waals surface area contributed by atoms with Crippen LogP contribution in [0.2, 0.25) is 5.15 Å². The summed E-state index contributed by atoms with van der Waals surface area (Å²) in [6, 6.07) is 15.8. The molecule has 1 aromatic heterocycles. The van der Waals surface area contributed by atoms with E-state index in [9.17, 15) is 4.79 Å². The van der Waals surface area contributed by atoms with Crippen molar-refractivity contribution in [3.8, 4) is 0 Å². The summed E-state index contributed by atoms with van der Waals surface area (Å²) in [7, 11) is 0. The Balaban J connectivity index is 1.71. The lowest BCUT2D eigenvalue weighted by atomic mass is 10.1. The number of hydrogen-bond donors (Lipinski definition) is 0. The fraction of sp³-hybridized carbons (Fsp3) is 0.200. The van der Waals surface area contributed by atoms with Gasteiger partial charge in [-0.1, -0.05) is 41.9 Å². The van der Waals surface area contributed by atoms with Crippen molar-refractivity contribution in [3.05, 3.63) is 70.4 Å². The predicted molar refractivity (Wildman–Crippen MR) is 103 cm³/mol. The number of carbonyl (C=O) groups excluding carboxylic acids is 1. The summed E-state index contributed by atoms with van der Waals surface area (Å²) in [6.45, 7) is 2.10. The zero-order valence-electron chi connectivity index (χ0n) is 14.1. The number of rotatable bonds is 5. The molecule has 0 amide bonds. The van der Waals surface area contributed by atoms with Crippen LogP contribution in [0.5, 0.6) is 0 Å². The summed E-state index contributed by atoms with van der Waals surface area (Å²) in [4.78, 5) is 17.7. The smallest absolute Gasteiger partial charge is 0.310 e. The van der Waals surface area contributed by atoms with Crippen LogP contribution in [-0.2, 0) is 22.6 Å². The molecule has 1 heterocycles. The first-order valence-corrected chi connectivity index (χ1v) is 9.50. The topological polar surface area (TPSA) is 39.2 Å². The summed E-state index contributed by atoms with van der Waals surface area (Å²) >= 11 is 7.92. The van der Waals surface area contributed by atoms with Gasteiger partial charge in [0.2, 0.25) is 0 Å². The highest BCUT2D eigenvalue weighted by atomic mass is 35.5. The fourth-order valence-electron chi connectivity index (χ4n) is 2.57. The number of fused-ring (bicyclic) bond motifs is 1. The molecule has 0 fully saturated rings. The minimum atomic E-state index is -0.275. The number of esters is 1. The highest BCUT2D eigenvalue weighted by Gasteiger charge is 2.11. The summed E-state index contributed by atoms with van der Waals surface area (Å²) < 4.78 is 5.39. The molecule has 0 aliphatic carbocycles. The van der Waals surface area contributed by atoms with Crippen molar-refractivity contribution >= 4 is 40.2 Å². The largest absolute Gasteiger partial charge is 0.460 e. The molecule has 0 atom stereocenters. The maximum absolute atomic E-state index is 12.1. The number of pyridine rings is 1. The van der Waals surface area contributed by atoms with Gasteiger partial charge < -0.3 is 4.74 Å². The van der Waals surface area contributed by atoms with Gasteiger partial charge in [-0.25, -0.2) is 4.98 Å². The number of halogens is 1. The van der Waals surface area contributed by atoms with Gasteiger partial charge in [0.1, 0.15) is 11.8 Å². The van der Waals surface area contributed by atoms with Gasteiger partial charge in [-0.05, 0) is 42.5 Å². The van der Waals surface area contributed by atoms with Crippen molar-refractivity contribution in [1.82, 2.24) is 4.98 Å². The molecule has 2 aromatic carbocycles. The minimum absolute atomic E-state index is 0.122. The Morgan fingerprint density at radius 1 is 1.16 bits per heavy atom. The third-order valence-corrected chi connectivity index (χ3v) is 5.09. The zero-order chi connectivity index (χ0) is 17.8. The average molecular weight is 372 g/mol. The van der Waals surface area contributed by atoms with Crippen LogP contribution in [0.3, 0.4) is 0 Å². The van der Waals surface area contributed by atoms with Gasteiger partial charge in [0.05, 0.1) is 11.9 Å². The molecule has 0 bridgehead atoms. The number of ether oxygens (including phenoxy) is 1. The second-order valence-corrected chi connectivity index (χ2v) is 7.00. The van der Waals surface area contributed by atoms with Crippen molar-refractivity contribution in [1.29, 1.82) is 0 Å². The van der Waals surface area contributed by atoms with E-state index < -0.39 is 0 Å². The summed E-state index contributed by atoms with van der Waals surface area (Å²) in [6.07, 6.45) is 2.27. The molecule has 0 saturated carbocycles. The van der Waals surface area contributed by atoms with Gasteiger partial charge in [0.25, 0.3) is 0 Å². The van der Waals surface area contributed by atoms with E-state index in [-0.39, 0.29) is 19.0 Å². The van der Waals surface area contributed by atoms with Crippen LogP contribution in [0, 0.1) is 6.92 Å².